The maximum Gasteiger partial charge on any atom is 0.120 e. The summed E-state index contributed by atoms with van der Waals surface area (Å²) in [6, 6.07) is 6.64. The Morgan fingerprint density at radius 2 is 1.94 bits per heavy atom. The van der Waals surface area contributed by atoms with E-state index in [1.165, 1.54) is 16.7 Å². The van der Waals surface area contributed by atoms with Crippen molar-refractivity contribution in [2.45, 2.75) is 46.5 Å². The Hall–Kier alpha value is -1.11. The molecule has 1 atom stereocenters. The first kappa shape index (κ1) is 13.0. The minimum Gasteiger partial charge on any atom is -0.303 e. The minimum absolute atomic E-state index is 0.339. The SMILES string of the molecule is Cc1cc(CC(C)C)ccc1C(C)CC=O. The minimum atomic E-state index is 0.339. The van der Waals surface area contributed by atoms with Gasteiger partial charge in [-0.05, 0) is 41.9 Å². The molecule has 0 heterocycles. The molecular weight excluding hydrogens is 196 g/mol. The fourth-order valence-corrected chi connectivity index (χ4v) is 2.16. The molecule has 1 unspecified atom stereocenters. The monoisotopic (exact) mass is 218 g/mol. The lowest BCUT2D eigenvalue weighted by Gasteiger charge is -2.14. The Balaban J connectivity index is 2.86. The van der Waals surface area contributed by atoms with E-state index in [9.17, 15) is 4.79 Å². The normalized spacial score (nSPS) is 12.8. The average Bonchev–Trinajstić information content (AvgIpc) is 2.16. The molecule has 1 heteroatoms. The summed E-state index contributed by atoms with van der Waals surface area (Å²) in [6.07, 6.45) is 2.75. The fourth-order valence-electron chi connectivity index (χ4n) is 2.16. The van der Waals surface area contributed by atoms with Crippen molar-refractivity contribution in [2.75, 3.05) is 0 Å². The zero-order chi connectivity index (χ0) is 12.1. The lowest BCUT2D eigenvalue weighted by molar-refractivity contribution is -0.108. The van der Waals surface area contributed by atoms with Gasteiger partial charge < -0.3 is 4.79 Å². The number of carbonyl (C=O) groups is 1. The van der Waals surface area contributed by atoms with E-state index in [0.29, 0.717) is 18.3 Å². The van der Waals surface area contributed by atoms with Gasteiger partial charge in [-0.2, -0.15) is 0 Å². The Bertz CT molecular complexity index is 352. The molecule has 0 radical (unpaired) electrons. The smallest absolute Gasteiger partial charge is 0.120 e. The lowest BCUT2D eigenvalue weighted by atomic mass is 9.91. The molecule has 1 aromatic carbocycles. The first-order valence-electron chi connectivity index (χ1n) is 6.07. The van der Waals surface area contributed by atoms with Gasteiger partial charge in [-0.1, -0.05) is 39.0 Å². The predicted octanol–water partition coefficient (Wildman–Crippen LogP) is 3.89. The number of hydrogen-bond donors (Lipinski definition) is 0. The third kappa shape index (κ3) is 3.48. The second-order valence-corrected chi connectivity index (χ2v) is 5.09. The highest BCUT2D eigenvalue weighted by Gasteiger charge is 2.08. The van der Waals surface area contributed by atoms with Crippen LogP contribution in [0.4, 0.5) is 0 Å². The van der Waals surface area contributed by atoms with Crippen molar-refractivity contribution in [3.05, 3.63) is 34.9 Å². The molecule has 0 aromatic heterocycles. The highest BCUT2D eigenvalue weighted by molar-refractivity contribution is 5.52. The molecule has 0 fully saturated rings. The Morgan fingerprint density at radius 1 is 1.25 bits per heavy atom. The van der Waals surface area contributed by atoms with Gasteiger partial charge in [0.15, 0.2) is 0 Å². The van der Waals surface area contributed by atoms with Gasteiger partial charge >= 0.3 is 0 Å². The summed E-state index contributed by atoms with van der Waals surface area (Å²) in [7, 11) is 0. The first-order valence-corrected chi connectivity index (χ1v) is 6.07. The highest BCUT2D eigenvalue weighted by Crippen LogP contribution is 2.23. The van der Waals surface area contributed by atoms with E-state index in [2.05, 4.69) is 45.9 Å². The molecule has 0 N–H and O–H groups in total. The molecule has 0 saturated heterocycles. The standard InChI is InChI=1S/C15H22O/c1-11(2)9-14-5-6-15(13(4)10-14)12(3)7-8-16/h5-6,8,10-12H,7,9H2,1-4H3. The van der Waals surface area contributed by atoms with E-state index in [0.717, 1.165) is 12.7 Å². The van der Waals surface area contributed by atoms with Crippen molar-refractivity contribution in [3.63, 3.8) is 0 Å². The van der Waals surface area contributed by atoms with Gasteiger partial charge in [0.05, 0.1) is 0 Å². The van der Waals surface area contributed by atoms with Crippen molar-refractivity contribution in [2.24, 2.45) is 5.92 Å². The van der Waals surface area contributed by atoms with Crippen LogP contribution >= 0.6 is 0 Å². The second-order valence-electron chi connectivity index (χ2n) is 5.09. The molecule has 0 aliphatic heterocycles. The predicted molar refractivity (Wildman–Crippen MR) is 68.8 cm³/mol. The van der Waals surface area contributed by atoms with Crippen LogP contribution < -0.4 is 0 Å². The summed E-state index contributed by atoms with van der Waals surface area (Å²) < 4.78 is 0. The summed E-state index contributed by atoms with van der Waals surface area (Å²) in [5.74, 6) is 1.03. The molecule has 0 aliphatic rings. The van der Waals surface area contributed by atoms with E-state index in [1.54, 1.807) is 0 Å². The van der Waals surface area contributed by atoms with Gasteiger partial charge in [-0.15, -0.1) is 0 Å². The molecule has 16 heavy (non-hydrogen) atoms. The summed E-state index contributed by atoms with van der Waals surface area (Å²) >= 11 is 0. The van der Waals surface area contributed by atoms with E-state index in [1.807, 2.05) is 0 Å². The molecule has 0 saturated carbocycles. The van der Waals surface area contributed by atoms with Crippen LogP contribution in [0.3, 0.4) is 0 Å². The number of benzene rings is 1. The van der Waals surface area contributed by atoms with Crippen molar-refractivity contribution in [3.8, 4) is 0 Å². The first-order chi connectivity index (χ1) is 7.54. The van der Waals surface area contributed by atoms with Crippen LogP contribution in [0.5, 0.6) is 0 Å². The van der Waals surface area contributed by atoms with Crippen molar-refractivity contribution in [1.82, 2.24) is 0 Å². The molecular formula is C15H22O. The van der Waals surface area contributed by atoms with Crippen LogP contribution in [0.1, 0.15) is 49.8 Å². The van der Waals surface area contributed by atoms with Crippen molar-refractivity contribution in [1.29, 1.82) is 0 Å². The third-order valence-corrected chi connectivity index (χ3v) is 2.96. The number of rotatable bonds is 5. The zero-order valence-corrected chi connectivity index (χ0v) is 10.8. The molecule has 1 nitrogen and oxygen atoms in total. The number of hydrogen-bond acceptors (Lipinski definition) is 1. The van der Waals surface area contributed by atoms with Gasteiger partial charge in [-0.3, -0.25) is 0 Å². The molecule has 0 spiro atoms. The topological polar surface area (TPSA) is 17.1 Å². The van der Waals surface area contributed by atoms with Crippen LogP contribution in [0.15, 0.2) is 18.2 Å². The molecule has 88 valence electrons. The maximum absolute atomic E-state index is 10.5. The van der Waals surface area contributed by atoms with Gasteiger partial charge in [0, 0.05) is 6.42 Å². The Kier molecular flexibility index (Phi) is 4.72. The van der Waals surface area contributed by atoms with Crippen molar-refractivity contribution >= 4 is 6.29 Å². The average molecular weight is 218 g/mol. The maximum atomic E-state index is 10.5. The molecule has 0 aliphatic carbocycles. The van der Waals surface area contributed by atoms with Crippen LogP contribution in [-0.4, -0.2) is 6.29 Å². The van der Waals surface area contributed by atoms with E-state index in [4.69, 9.17) is 0 Å². The van der Waals surface area contributed by atoms with Gasteiger partial charge in [0.25, 0.3) is 0 Å². The van der Waals surface area contributed by atoms with Crippen LogP contribution in [0.25, 0.3) is 0 Å². The fraction of sp³-hybridized carbons (Fsp3) is 0.533. The van der Waals surface area contributed by atoms with Crippen molar-refractivity contribution < 1.29 is 4.79 Å². The van der Waals surface area contributed by atoms with Crippen LogP contribution in [-0.2, 0) is 11.2 Å². The molecule has 0 amide bonds. The van der Waals surface area contributed by atoms with Gasteiger partial charge in [0.2, 0.25) is 0 Å². The largest absolute Gasteiger partial charge is 0.303 e. The number of aryl methyl sites for hydroxylation is 1. The summed E-state index contributed by atoms with van der Waals surface area (Å²) in [6.45, 7) is 8.72. The highest BCUT2D eigenvalue weighted by atomic mass is 16.1. The van der Waals surface area contributed by atoms with Gasteiger partial charge in [0.1, 0.15) is 6.29 Å². The number of aldehydes is 1. The van der Waals surface area contributed by atoms with E-state index in [-0.39, 0.29) is 0 Å². The Labute approximate surface area is 98.9 Å². The van der Waals surface area contributed by atoms with Gasteiger partial charge in [-0.25, -0.2) is 0 Å². The van der Waals surface area contributed by atoms with E-state index < -0.39 is 0 Å². The Morgan fingerprint density at radius 3 is 2.44 bits per heavy atom. The third-order valence-electron chi connectivity index (χ3n) is 2.96. The van der Waals surface area contributed by atoms with Crippen LogP contribution in [0.2, 0.25) is 0 Å². The molecule has 0 bridgehead atoms. The lowest BCUT2D eigenvalue weighted by Crippen LogP contribution is -2.00. The quantitative estimate of drug-likeness (QED) is 0.685. The number of carbonyl (C=O) groups excluding carboxylic acids is 1. The summed E-state index contributed by atoms with van der Waals surface area (Å²) in [5.41, 5.74) is 4.02. The summed E-state index contributed by atoms with van der Waals surface area (Å²) in [5, 5.41) is 0. The molecule has 1 aromatic rings. The second kappa shape index (κ2) is 5.83. The summed E-state index contributed by atoms with van der Waals surface area (Å²) in [4.78, 5) is 10.5. The van der Waals surface area contributed by atoms with Crippen LogP contribution in [0, 0.1) is 12.8 Å². The van der Waals surface area contributed by atoms with E-state index >= 15 is 0 Å². The molecule has 1 rings (SSSR count). The zero-order valence-electron chi connectivity index (χ0n) is 10.8.